The Bertz CT molecular complexity index is 484. The van der Waals surface area contributed by atoms with E-state index in [0.29, 0.717) is 12.8 Å². The molecule has 0 aromatic carbocycles. The summed E-state index contributed by atoms with van der Waals surface area (Å²) in [5.41, 5.74) is -0.904. The van der Waals surface area contributed by atoms with Crippen molar-refractivity contribution in [2.45, 2.75) is 25.2 Å². The Morgan fingerprint density at radius 1 is 1.47 bits per heavy atom. The predicted octanol–water partition coefficient (Wildman–Crippen LogP) is -0.494. The van der Waals surface area contributed by atoms with Gasteiger partial charge in [0.2, 0.25) is 0 Å². The number of H-pyrrole nitrogens is 1. The van der Waals surface area contributed by atoms with Gasteiger partial charge in [-0.2, -0.15) is 0 Å². The van der Waals surface area contributed by atoms with Crippen molar-refractivity contribution in [2.24, 2.45) is 0 Å². The second-order valence-electron chi connectivity index (χ2n) is 3.91. The number of aromatic amines is 1. The molecule has 2 unspecified atom stereocenters. The van der Waals surface area contributed by atoms with Gasteiger partial charge >= 0.3 is 5.69 Å². The Kier molecular flexibility index (Phi) is 6.85. The number of hydrogen-bond acceptors (Lipinski definition) is 6. The van der Waals surface area contributed by atoms with Crippen molar-refractivity contribution in [3.8, 4) is 0 Å². The summed E-state index contributed by atoms with van der Waals surface area (Å²) in [6.45, 7) is -0.0470. The molecule has 1 aromatic heterocycles. The lowest BCUT2D eigenvalue weighted by Gasteiger charge is -2.13. The lowest BCUT2D eigenvalue weighted by atomic mass is 10.2. The minimum atomic E-state index is -0.480. The first-order valence-electron chi connectivity index (χ1n) is 5.80. The average molecular weight is 290 g/mol. The van der Waals surface area contributed by atoms with Crippen LogP contribution in [-0.2, 0) is 4.74 Å². The zero-order chi connectivity index (χ0) is 14.3. The molecule has 1 fully saturated rings. The maximum absolute atomic E-state index is 11.4. The van der Waals surface area contributed by atoms with E-state index in [4.69, 9.17) is 14.9 Å². The predicted molar refractivity (Wildman–Crippen MR) is 72.2 cm³/mol. The molecule has 7 nitrogen and oxygen atoms in total. The van der Waals surface area contributed by atoms with Gasteiger partial charge in [-0.1, -0.05) is 0 Å². The molecule has 2 rings (SSSR count). The highest BCUT2D eigenvalue weighted by atomic mass is 32.2. The first kappa shape index (κ1) is 16.0. The van der Waals surface area contributed by atoms with E-state index in [1.165, 1.54) is 28.6 Å². The van der Waals surface area contributed by atoms with Gasteiger partial charge in [0.05, 0.1) is 18.6 Å². The molecule has 1 aromatic rings. The number of rotatable bonds is 3. The van der Waals surface area contributed by atoms with E-state index in [9.17, 15) is 9.59 Å². The van der Waals surface area contributed by atoms with Crippen LogP contribution in [0, 0.1) is 0 Å². The number of nitrogens with one attached hydrogen (secondary N) is 1. The molecule has 0 saturated carbocycles. The number of aromatic nitrogens is 2. The lowest BCUT2D eigenvalue weighted by Crippen LogP contribution is -2.31. The fraction of sp³-hybridized carbons (Fsp3) is 0.636. The van der Waals surface area contributed by atoms with Crippen molar-refractivity contribution in [1.29, 1.82) is 0 Å². The van der Waals surface area contributed by atoms with Crippen LogP contribution in [0.1, 0.15) is 19.1 Å². The summed E-state index contributed by atoms with van der Waals surface area (Å²) in [4.78, 5) is 24.4. The van der Waals surface area contributed by atoms with E-state index < -0.39 is 11.2 Å². The highest BCUT2D eigenvalue weighted by Crippen LogP contribution is 2.26. The number of ether oxygens (including phenoxy) is 1. The molecule has 0 radical (unpaired) electrons. The Morgan fingerprint density at radius 2 is 2.16 bits per heavy atom. The van der Waals surface area contributed by atoms with Crippen molar-refractivity contribution in [2.75, 3.05) is 18.8 Å². The van der Waals surface area contributed by atoms with Gasteiger partial charge in [-0.15, -0.1) is 11.8 Å². The van der Waals surface area contributed by atoms with Gasteiger partial charge in [0, 0.05) is 12.3 Å². The van der Waals surface area contributed by atoms with Crippen molar-refractivity contribution in [3.05, 3.63) is 33.1 Å². The van der Waals surface area contributed by atoms with Gasteiger partial charge in [-0.05, 0) is 19.1 Å². The van der Waals surface area contributed by atoms with Crippen LogP contribution in [0.2, 0.25) is 0 Å². The molecule has 1 saturated heterocycles. The normalized spacial score (nSPS) is 21.8. The van der Waals surface area contributed by atoms with Crippen molar-refractivity contribution in [1.82, 2.24) is 9.55 Å². The molecule has 19 heavy (non-hydrogen) atoms. The van der Waals surface area contributed by atoms with Crippen LogP contribution in [0.4, 0.5) is 0 Å². The first-order chi connectivity index (χ1) is 9.12. The molecule has 0 aliphatic carbocycles. The SMILES string of the molecule is CSCO.O=c1ccn(C2CCC(CO)O2)c(=O)[nH]1. The van der Waals surface area contributed by atoms with E-state index in [2.05, 4.69) is 4.98 Å². The van der Waals surface area contributed by atoms with Gasteiger partial charge in [-0.25, -0.2) is 4.79 Å². The van der Waals surface area contributed by atoms with Crippen LogP contribution in [0.3, 0.4) is 0 Å². The Hall–Kier alpha value is -1.09. The number of nitrogens with zero attached hydrogens (tertiary/aromatic N) is 1. The highest BCUT2D eigenvalue weighted by molar-refractivity contribution is 7.98. The van der Waals surface area contributed by atoms with Crippen LogP contribution in [0.15, 0.2) is 21.9 Å². The monoisotopic (exact) mass is 290 g/mol. The molecule has 3 N–H and O–H groups in total. The largest absolute Gasteiger partial charge is 0.394 e. The van der Waals surface area contributed by atoms with Crippen LogP contribution >= 0.6 is 11.8 Å². The fourth-order valence-electron chi connectivity index (χ4n) is 1.68. The topological polar surface area (TPSA) is 105 Å². The van der Waals surface area contributed by atoms with Gasteiger partial charge in [0.1, 0.15) is 6.23 Å². The van der Waals surface area contributed by atoms with Crippen LogP contribution in [-0.4, -0.2) is 44.7 Å². The Labute approximate surface area is 114 Å². The Morgan fingerprint density at radius 3 is 2.63 bits per heavy atom. The van der Waals surface area contributed by atoms with E-state index >= 15 is 0 Å². The third-order valence-electron chi connectivity index (χ3n) is 2.58. The van der Waals surface area contributed by atoms with Gasteiger partial charge < -0.3 is 14.9 Å². The first-order valence-corrected chi connectivity index (χ1v) is 7.19. The molecule has 0 bridgehead atoms. The minimum absolute atomic E-state index is 0.0470. The number of aliphatic hydroxyl groups is 2. The maximum Gasteiger partial charge on any atom is 0.330 e. The summed E-state index contributed by atoms with van der Waals surface area (Å²) in [5.74, 6) is 0.236. The van der Waals surface area contributed by atoms with Gasteiger partial charge in [0.25, 0.3) is 5.56 Å². The molecule has 8 heteroatoms. The molecule has 108 valence electrons. The third-order valence-corrected chi connectivity index (χ3v) is 2.84. The number of hydrogen-bond donors (Lipinski definition) is 3. The fourth-order valence-corrected chi connectivity index (χ4v) is 1.68. The van der Waals surface area contributed by atoms with Crippen molar-refractivity contribution < 1.29 is 14.9 Å². The summed E-state index contributed by atoms with van der Waals surface area (Å²) >= 11 is 1.41. The molecule has 2 atom stereocenters. The average Bonchev–Trinajstić information content (AvgIpc) is 2.87. The molecule has 0 amide bonds. The second-order valence-corrected chi connectivity index (χ2v) is 4.74. The minimum Gasteiger partial charge on any atom is -0.394 e. The van der Waals surface area contributed by atoms with E-state index in [-0.39, 0.29) is 24.9 Å². The summed E-state index contributed by atoms with van der Waals surface area (Å²) < 4.78 is 6.74. The molecule has 1 aliphatic rings. The highest BCUT2D eigenvalue weighted by Gasteiger charge is 2.26. The number of aliphatic hydroxyl groups excluding tert-OH is 2. The third kappa shape index (κ3) is 4.83. The number of thioether (sulfide) groups is 1. The molecular formula is C11H18N2O5S. The summed E-state index contributed by atoms with van der Waals surface area (Å²) in [5, 5.41) is 16.7. The van der Waals surface area contributed by atoms with Gasteiger partial charge in [0.15, 0.2) is 0 Å². The van der Waals surface area contributed by atoms with E-state index in [1.807, 2.05) is 6.26 Å². The van der Waals surface area contributed by atoms with Crippen LogP contribution in [0.25, 0.3) is 0 Å². The Balaban J connectivity index is 0.000000399. The van der Waals surface area contributed by atoms with E-state index in [1.54, 1.807) is 0 Å². The molecular weight excluding hydrogens is 272 g/mol. The van der Waals surface area contributed by atoms with Crippen LogP contribution < -0.4 is 11.2 Å². The molecule has 2 heterocycles. The standard InChI is InChI=1S/C9H12N2O4.C2H6OS/c12-5-6-1-2-8(15-6)11-4-3-7(13)10-9(11)14;1-4-2-3/h3-4,6,8,12H,1-2,5H2,(H,10,13,14);3H,2H2,1H3. The summed E-state index contributed by atoms with van der Waals surface area (Å²) in [7, 11) is 0. The van der Waals surface area contributed by atoms with Crippen LogP contribution in [0.5, 0.6) is 0 Å². The zero-order valence-corrected chi connectivity index (χ0v) is 11.4. The van der Waals surface area contributed by atoms with Crippen molar-refractivity contribution >= 4 is 11.8 Å². The molecule has 0 spiro atoms. The van der Waals surface area contributed by atoms with Crippen molar-refractivity contribution in [3.63, 3.8) is 0 Å². The zero-order valence-electron chi connectivity index (χ0n) is 10.6. The van der Waals surface area contributed by atoms with E-state index in [0.717, 1.165) is 0 Å². The summed E-state index contributed by atoms with van der Waals surface area (Å²) in [6, 6.07) is 1.27. The quantitative estimate of drug-likeness (QED) is 0.649. The second kappa shape index (κ2) is 8.16. The van der Waals surface area contributed by atoms with Gasteiger partial charge in [-0.3, -0.25) is 14.3 Å². The maximum atomic E-state index is 11.4. The smallest absolute Gasteiger partial charge is 0.330 e. The summed E-state index contributed by atoms with van der Waals surface area (Å²) in [6.07, 6.45) is 4.04. The molecule has 1 aliphatic heterocycles. The lowest BCUT2D eigenvalue weighted by molar-refractivity contribution is -0.0246.